The van der Waals surface area contributed by atoms with E-state index < -0.39 is 11.5 Å². The summed E-state index contributed by atoms with van der Waals surface area (Å²) in [5.41, 5.74) is 1.03. The molecule has 4 nitrogen and oxygen atoms in total. The van der Waals surface area contributed by atoms with Crippen molar-refractivity contribution in [3.05, 3.63) is 28.5 Å². The van der Waals surface area contributed by atoms with Gasteiger partial charge in [-0.25, -0.2) is 4.98 Å². The predicted molar refractivity (Wildman–Crippen MR) is 70.2 cm³/mol. The smallest absolute Gasteiger partial charge is 0.316 e. The Labute approximate surface area is 116 Å². The van der Waals surface area contributed by atoms with Crippen molar-refractivity contribution in [2.45, 2.75) is 43.1 Å². The third-order valence-electron chi connectivity index (χ3n) is 4.11. The molecule has 0 aromatic carbocycles. The first-order chi connectivity index (χ1) is 9.05. The average molecular weight is 282 g/mol. The normalized spacial score (nSPS) is 29.7. The van der Waals surface area contributed by atoms with E-state index in [2.05, 4.69) is 4.98 Å². The molecule has 19 heavy (non-hydrogen) atoms. The number of methoxy groups -OCH3 is 1. The molecule has 1 aromatic heterocycles. The highest BCUT2D eigenvalue weighted by Crippen LogP contribution is 2.47. The van der Waals surface area contributed by atoms with Crippen molar-refractivity contribution in [1.82, 2.24) is 4.98 Å². The van der Waals surface area contributed by atoms with E-state index in [0.29, 0.717) is 23.9 Å². The second-order valence-electron chi connectivity index (χ2n) is 5.51. The number of aliphatic hydroxyl groups excluding tert-OH is 1. The summed E-state index contributed by atoms with van der Waals surface area (Å²) in [6.45, 7) is 0. The van der Waals surface area contributed by atoms with Crippen LogP contribution in [-0.4, -0.2) is 29.3 Å². The number of carbonyl (C=O) groups excluding carboxylic acids is 1. The summed E-state index contributed by atoms with van der Waals surface area (Å²) in [5.74, 6) is 0.166. The van der Waals surface area contributed by atoms with Crippen LogP contribution in [0.25, 0.3) is 0 Å². The Morgan fingerprint density at radius 2 is 2.16 bits per heavy atom. The van der Waals surface area contributed by atoms with E-state index in [1.165, 1.54) is 7.11 Å². The van der Waals surface area contributed by atoms with Crippen molar-refractivity contribution in [2.75, 3.05) is 7.11 Å². The van der Waals surface area contributed by atoms with Crippen molar-refractivity contribution in [2.24, 2.45) is 0 Å². The average Bonchev–Trinajstić information content (AvgIpc) is 3.17. The second-order valence-corrected chi connectivity index (χ2v) is 5.90. The van der Waals surface area contributed by atoms with E-state index >= 15 is 0 Å². The highest BCUT2D eigenvalue weighted by molar-refractivity contribution is 6.29. The van der Waals surface area contributed by atoms with E-state index in [1.54, 1.807) is 6.07 Å². The van der Waals surface area contributed by atoms with Crippen LogP contribution >= 0.6 is 11.6 Å². The molecule has 1 aromatic rings. The van der Waals surface area contributed by atoms with Gasteiger partial charge in [-0.2, -0.15) is 0 Å². The Bertz CT molecular complexity index is 521. The highest BCUT2D eigenvalue weighted by Gasteiger charge is 2.52. The van der Waals surface area contributed by atoms with Crippen molar-refractivity contribution in [3.8, 4) is 0 Å². The standard InChI is InChI=1S/C14H16ClNO3/c1-19-13(18)14(6-10(17)7-14)9-4-11(8-2-3-8)16-12(15)5-9/h4-5,8,10,17H,2-3,6-7H2,1H3. The van der Waals surface area contributed by atoms with Gasteiger partial charge >= 0.3 is 5.97 Å². The molecule has 1 heterocycles. The van der Waals surface area contributed by atoms with Crippen LogP contribution in [0, 0.1) is 0 Å². The molecule has 0 saturated heterocycles. The van der Waals surface area contributed by atoms with Crippen LogP contribution in [0.1, 0.15) is 42.9 Å². The van der Waals surface area contributed by atoms with Crippen molar-refractivity contribution < 1.29 is 14.6 Å². The van der Waals surface area contributed by atoms with Crippen LogP contribution in [-0.2, 0) is 14.9 Å². The van der Waals surface area contributed by atoms with Gasteiger partial charge in [-0.3, -0.25) is 4.79 Å². The van der Waals surface area contributed by atoms with Gasteiger partial charge in [0.05, 0.1) is 18.6 Å². The number of aliphatic hydroxyl groups is 1. The Hall–Kier alpha value is -1.13. The van der Waals surface area contributed by atoms with Gasteiger partial charge in [0.25, 0.3) is 0 Å². The zero-order valence-corrected chi connectivity index (χ0v) is 11.5. The van der Waals surface area contributed by atoms with Crippen LogP contribution in [0.4, 0.5) is 0 Å². The lowest BCUT2D eigenvalue weighted by Gasteiger charge is -2.43. The number of carbonyl (C=O) groups is 1. The van der Waals surface area contributed by atoms with Crippen molar-refractivity contribution in [3.63, 3.8) is 0 Å². The second kappa shape index (κ2) is 4.46. The van der Waals surface area contributed by atoms with Gasteiger partial charge in [-0.1, -0.05) is 11.6 Å². The van der Waals surface area contributed by atoms with E-state index in [4.69, 9.17) is 16.3 Å². The van der Waals surface area contributed by atoms with Crippen LogP contribution in [0.15, 0.2) is 12.1 Å². The maximum absolute atomic E-state index is 12.1. The molecular formula is C14H16ClNO3. The van der Waals surface area contributed by atoms with E-state index in [-0.39, 0.29) is 5.97 Å². The van der Waals surface area contributed by atoms with Crippen LogP contribution in [0.3, 0.4) is 0 Å². The van der Waals surface area contributed by atoms with Gasteiger partial charge in [0.15, 0.2) is 0 Å². The Balaban J connectivity index is 2.01. The summed E-state index contributed by atoms with van der Waals surface area (Å²) < 4.78 is 4.90. The molecule has 0 atom stereocenters. The molecule has 5 heteroatoms. The molecule has 102 valence electrons. The fraction of sp³-hybridized carbons (Fsp3) is 0.571. The minimum Gasteiger partial charge on any atom is -0.468 e. The molecule has 2 aliphatic rings. The molecule has 0 unspecified atom stereocenters. The number of nitrogens with zero attached hydrogens (tertiary/aromatic N) is 1. The molecule has 2 fully saturated rings. The molecule has 0 aliphatic heterocycles. The molecule has 2 aliphatic carbocycles. The molecule has 2 saturated carbocycles. The van der Waals surface area contributed by atoms with E-state index in [1.807, 2.05) is 6.07 Å². The molecule has 0 amide bonds. The lowest BCUT2D eigenvalue weighted by atomic mass is 9.62. The van der Waals surface area contributed by atoms with E-state index in [9.17, 15) is 9.90 Å². The van der Waals surface area contributed by atoms with Gasteiger partial charge in [0.2, 0.25) is 0 Å². The maximum atomic E-state index is 12.1. The van der Waals surface area contributed by atoms with Crippen molar-refractivity contribution in [1.29, 1.82) is 0 Å². The molecule has 0 spiro atoms. The third kappa shape index (κ3) is 2.13. The number of hydrogen-bond donors (Lipinski definition) is 1. The van der Waals surface area contributed by atoms with Gasteiger partial charge in [-0.15, -0.1) is 0 Å². The lowest BCUT2D eigenvalue weighted by Crippen LogP contribution is -2.51. The number of pyridine rings is 1. The number of rotatable bonds is 3. The third-order valence-corrected chi connectivity index (χ3v) is 4.30. The van der Waals surface area contributed by atoms with E-state index in [0.717, 1.165) is 24.1 Å². The molecule has 1 N–H and O–H groups in total. The summed E-state index contributed by atoms with van der Waals surface area (Å²) in [4.78, 5) is 16.4. The lowest BCUT2D eigenvalue weighted by molar-refractivity contribution is -0.156. The summed E-state index contributed by atoms with van der Waals surface area (Å²) in [6.07, 6.45) is 2.59. The van der Waals surface area contributed by atoms with Crippen LogP contribution < -0.4 is 0 Å². The summed E-state index contributed by atoms with van der Waals surface area (Å²) in [6, 6.07) is 3.67. The fourth-order valence-electron chi connectivity index (χ4n) is 2.84. The highest BCUT2D eigenvalue weighted by atomic mass is 35.5. The first kappa shape index (κ1) is 12.9. The molecule has 0 radical (unpaired) electrons. The van der Waals surface area contributed by atoms with Gasteiger partial charge in [-0.05, 0) is 43.4 Å². The van der Waals surface area contributed by atoms with Crippen LogP contribution in [0.2, 0.25) is 5.15 Å². The number of esters is 1. The monoisotopic (exact) mass is 281 g/mol. The Kier molecular flexibility index (Phi) is 3.02. The maximum Gasteiger partial charge on any atom is 0.316 e. The fourth-order valence-corrected chi connectivity index (χ4v) is 3.06. The largest absolute Gasteiger partial charge is 0.468 e. The predicted octanol–water partition coefficient (Wildman–Crippen LogP) is 2.18. The minimum absolute atomic E-state index is 0.304. The first-order valence-corrected chi connectivity index (χ1v) is 6.87. The Morgan fingerprint density at radius 1 is 1.47 bits per heavy atom. The van der Waals surface area contributed by atoms with Gasteiger partial charge in [0.1, 0.15) is 5.15 Å². The van der Waals surface area contributed by atoms with Crippen LogP contribution in [0.5, 0.6) is 0 Å². The first-order valence-electron chi connectivity index (χ1n) is 6.49. The number of ether oxygens (including phenoxy) is 1. The summed E-state index contributed by atoms with van der Waals surface area (Å²) in [7, 11) is 1.37. The molecule has 3 rings (SSSR count). The number of aromatic nitrogens is 1. The van der Waals surface area contributed by atoms with Gasteiger partial charge < -0.3 is 9.84 Å². The Morgan fingerprint density at radius 3 is 2.68 bits per heavy atom. The van der Waals surface area contributed by atoms with Gasteiger partial charge in [0, 0.05) is 11.6 Å². The quantitative estimate of drug-likeness (QED) is 0.681. The number of halogens is 1. The zero-order chi connectivity index (χ0) is 13.6. The number of hydrogen-bond acceptors (Lipinski definition) is 4. The topological polar surface area (TPSA) is 59.4 Å². The summed E-state index contributed by atoms with van der Waals surface area (Å²) in [5, 5.41) is 10.00. The molecular weight excluding hydrogens is 266 g/mol. The molecule has 0 bridgehead atoms. The zero-order valence-electron chi connectivity index (χ0n) is 10.7. The minimum atomic E-state index is -0.746. The SMILES string of the molecule is COC(=O)C1(c2cc(Cl)nc(C3CC3)c2)CC(O)C1. The van der Waals surface area contributed by atoms with Crippen molar-refractivity contribution >= 4 is 17.6 Å². The summed E-state index contributed by atoms with van der Waals surface area (Å²) >= 11 is 6.07.